The lowest BCUT2D eigenvalue weighted by molar-refractivity contribution is 0.0597. The van der Waals surface area contributed by atoms with Gasteiger partial charge < -0.3 is 20.1 Å². The summed E-state index contributed by atoms with van der Waals surface area (Å²) in [6, 6.07) is 15.7. The predicted octanol–water partition coefficient (Wildman–Crippen LogP) is 3.53. The lowest BCUT2D eigenvalue weighted by atomic mass is 10.1. The minimum absolute atomic E-state index is 0. The van der Waals surface area contributed by atoms with Crippen molar-refractivity contribution in [2.24, 2.45) is 4.99 Å². The Morgan fingerprint density at radius 1 is 1.15 bits per heavy atom. The van der Waals surface area contributed by atoms with Crippen LogP contribution in [0.3, 0.4) is 0 Å². The number of benzene rings is 2. The minimum atomic E-state index is -0.421. The molecule has 0 aliphatic heterocycles. The van der Waals surface area contributed by atoms with Gasteiger partial charge in [-0.1, -0.05) is 36.4 Å². The molecule has 1 atom stereocenters. The molecule has 6 nitrogen and oxygen atoms in total. The van der Waals surface area contributed by atoms with Crippen LogP contribution in [0.2, 0.25) is 0 Å². The Balaban J connectivity index is 0.00000364. The van der Waals surface area contributed by atoms with Crippen LogP contribution in [0.5, 0.6) is 5.75 Å². The van der Waals surface area contributed by atoms with Crippen LogP contribution in [0.25, 0.3) is 0 Å². The maximum absolute atomic E-state index is 11.7. The van der Waals surface area contributed by atoms with E-state index in [0.29, 0.717) is 23.8 Å². The number of methoxy groups -OCH3 is 2. The van der Waals surface area contributed by atoms with Crippen LogP contribution in [0.4, 0.5) is 0 Å². The summed E-state index contributed by atoms with van der Waals surface area (Å²) in [6.07, 6.45) is 0. The SMILES string of the molecule is CN=C(NCc1ccc(C(=O)OC)c(OC)c1)NC(C)c1ccccc1.I. The Hall–Kier alpha value is -2.29. The second kappa shape index (κ2) is 11.4. The summed E-state index contributed by atoms with van der Waals surface area (Å²) in [5.41, 5.74) is 2.54. The van der Waals surface area contributed by atoms with Crippen LogP contribution < -0.4 is 15.4 Å². The van der Waals surface area contributed by atoms with Crippen LogP contribution in [-0.2, 0) is 11.3 Å². The average Bonchev–Trinajstić information content (AvgIpc) is 2.70. The van der Waals surface area contributed by atoms with E-state index in [1.807, 2.05) is 30.3 Å². The van der Waals surface area contributed by atoms with Crippen LogP contribution >= 0.6 is 24.0 Å². The van der Waals surface area contributed by atoms with Crippen molar-refractivity contribution in [1.29, 1.82) is 0 Å². The van der Waals surface area contributed by atoms with E-state index in [1.54, 1.807) is 13.1 Å². The monoisotopic (exact) mass is 483 g/mol. The summed E-state index contributed by atoms with van der Waals surface area (Å²) < 4.78 is 10.0. The molecule has 0 heterocycles. The molecule has 1 unspecified atom stereocenters. The molecule has 7 heteroatoms. The van der Waals surface area contributed by atoms with Crippen molar-refractivity contribution in [1.82, 2.24) is 10.6 Å². The number of guanidine groups is 1. The third kappa shape index (κ3) is 6.42. The fourth-order valence-electron chi connectivity index (χ4n) is 2.53. The fraction of sp³-hybridized carbons (Fsp3) is 0.300. The summed E-state index contributed by atoms with van der Waals surface area (Å²) in [7, 11) is 4.61. The molecule has 146 valence electrons. The summed E-state index contributed by atoms with van der Waals surface area (Å²) in [5, 5.41) is 6.62. The Morgan fingerprint density at radius 2 is 1.85 bits per heavy atom. The van der Waals surface area contributed by atoms with E-state index in [1.165, 1.54) is 19.8 Å². The van der Waals surface area contributed by atoms with Gasteiger partial charge >= 0.3 is 5.97 Å². The van der Waals surface area contributed by atoms with Gasteiger partial charge in [0.1, 0.15) is 11.3 Å². The van der Waals surface area contributed by atoms with E-state index in [4.69, 9.17) is 9.47 Å². The van der Waals surface area contributed by atoms with Crippen LogP contribution in [-0.4, -0.2) is 33.2 Å². The molecule has 0 amide bonds. The van der Waals surface area contributed by atoms with Crippen molar-refractivity contribution in [3.63, 3.8) is 0 Å². The molecule has 0 spiro atoms. The second-order valence-electron chi connectivity index (χ2n) is 5.73. The van der Waals surface area contributed by atoms with Gasteiger partial charge in [0, 0.05) is 13.6 Å². The number of hydrogen-bond donors (Lipinski definition) is 2. The van der Waals surface area contributed by atoms with Crippen LogP contribution in [0.15, 0.2) is 53.5 Å². The van der Waals surface area contributed by atoms with Crippen molar-refractivity contribution >= 4 is 35.9 Å². The van der Waals surface area contributed by atoms with E-state index in [9.17, 15) is 4.79 Å². The molecule has 0 radical (unpaired) electrons. The van der Waals surface area contributed by atoms with Gasteiger partial charge in [-0.3, -0.25) is 4.99 Å². The second-order valence-corrected chi connectivity index (χ2v) is 5.73. The molecular formula is C20H26IN3O3. The third-order valence-corrected chi connectivity index (χ3v) is 4.01. The molecule has 0 saturated carbocycles. The van der Waals surface area contributed by atoms with Gasteiger partial charge in [0.05, 0.1) is 20.3 Å². The number of carbonyl (C=O) groups is 1. The number of ether oxygens (including phenoxy) is 2. The molecule has 0 aliphatic carbocycles. The highest BCUT2D eigenvalue weighted by molar-refractivity contribution is 14.0. The molecule has 2 aromatic carbocycles. The summed E-state index contributed by atoms with van der Waals surface area (Å²) in [6.45, 7) is 2.62. The quantitative estimate of drug-likeness (QED) is 0.285. The number of aliphatic imine (C=N–C) groups is 1. The molecule has 0 fully saturated rings. The molecule has 0 aromatic heterocycles. The lowest BCUT2D eigenvalue weighted by Crippen LogP contribution is -2.38. The van der Waals surface area contributed by atoms with Crippen molar-refractivity contribution in [2.45, 2.75) is 19.5 Å². The molecule has 0 bridgehead atoms. The highest BCUT2D eigenvalue weighted by atomic mass is 127. The van der Waals surface area contributed by atoms with E-state index in [0.717, 1.165) is 5.56 Å². The highest BCUT2D eigenvalue weighted by Crippen LogP contribution is 2.21. The minimum Gasteiger partial charge on any atom is -0.496 e. The van der Waals surface area contributed by atoms with Gasteiger partial charge in [-0.25, -0.2) is 4.79 Å². The molecular weight excluding hydrogens is 457 g/mol. The largest absolute Gasteiger partial charge is 0.496 e. The summed E-state index contributed by atoms with van der Waals surface area (Å²) in [5.74, 6) is 0.754. The standard InChI is InChI=1S/C20H25N3O3.HI/c1-14(16-8-6-5-7-9-16)23-20(21-2)22-13-15-10-11-17(19(24)26-4)18(12-15)25-3;/h5-12,14H,13H2,1-4H3,(H2,21,22,23);1H. The summed E-state index contributed by atoms with van der Waals surface area (Å²) >= 11 is 0. The molecule has 0 aliphatic rings. The third-order valence-electron chi connectivity index (χ3n) is 4.01. The van der Waals surface area contributed by atoms with Crippen molar-refractivity contribution in [3.05, 3.63) is 65.2 Å². The first-order valence-electron chi connectivity index (χ1n) is 8.36. The maximum atomic E-state index is 11.7. The lowest BCUT2D eigenvalue weighted by Gasteiger charge is -2.18. The number of halogens is 1. The molecule has 2 aromatic rings. The number of nitrogens with one attached hydrogen (secondary N) is 2. The maximum Gasteiger partial charge on any atom is 0.341 e. The highest BCUT2D eigenvalue weighted by Gasteiger charge is 2.13. The van der Waals surface area contributed by atoms with Gasteiger partial charge in [-0.2, -0.15) is 0 Å². The first-order chi connectivity index (χ1) is 12.6. The van der Waals surface area contributed by atoms with Crippen molar-refractivity contribution < 1.29 is 14.3 Å². The average molecular weight is 483 g/mol. The van der Waals surface area contributed by atoms with Gasteiger partial charge in [0.25, 0.3) is 0 Å². The Bertz CT molecular complexity index is 766. The zero-order valence-electron chi connectivity index (χ0n) is 16.0. The zero-order chi connectivity index (χ0) is 18.9. The van der Waals surface area contributed by atoms with Gasteiger partial charge in [0.2, 0.25) is 0 Å². The molecule has 0 saturated heterocycles. The number of rotatable bonds is 6. The number of hydrogen-bond acceptors (Lipinski definition) is 4. The Kier molecular flexibility index (Phi) is 9.63. The van der Waals surface area contributed by atoms with Crippen molar-refractivity contribution in [3.8, 4) is 5.75 Å². The smallest absolute Gasteiger partial charge is 0.341 e. The molecule has 27 heavy (non-hydrogen) atoms. The normalized spacial score (nSPS) is 11.8. The van der Waals surface area contributed by atoms with E-state index in [-0.39, 0.29) is 30.0 Å². The van der Waals surface area contributed by atoms with E-state index >= 15 is 0 Å². The topological polar surface area (TPSA) is 72.0 Å². The first-order valence-corrected chi connectivity index (χ1v) is 8.36. The Labute approximate surface area is 177 Å². The predicted molar refractivity (Wildman–Crippen MR) is 118 cm³/mol. The number of nitrogens with zero attached hydrogens (tertiary/aromatic N) is 1. The fourth-order valence-corrected chi connectivity index (χ4v) is 2.53. The summed E-state index contributed by atoms with van der Waals surface area (Å²) in [4.78, 5) is 16.0. The van der Waals surface area contributed by atoms with E-state index < -0.39 is 5.97 Å². The van der Waals surface area contributed by atoms with Gasteiger partial charge in [-0.15, -0.1) is 24.0 Å². The van der Waals surface area contributed by atoms with E-state index in [2.05, 4.69) is 34.7 Å². The number of carbonyl (C=O) groups excluding carboxylic acids is 1. The van der Waals surface area contributed by atoms with Crippen LogP contribution in [0, 0.1) is 0 Å². The molecule has 2 N–H and O–H groups in total. The zero-order valence-corrected chi connectivity index (χ0v) is 18.3. The number of esters is 1. The van der Waals surface area contributed by atoms with Gasteiger partial charge in [-0.05, 0) is 30.2 Å². The van der Waals surface area contributed by atoms with Crippen LogP contribution in [0.1, 0.15) is 34.5 Å². The van der Waals surface area contributed by atoms with Crippen molar-refractivity contribution in [2.75, 3.05) is 21.3 Å². The molecule has 2 rings (SSSR count). The van der Waals surface area contributed by atoms with Gasteiger partial charge in [0.15, 0.2) is 5.96 Å². The first kappa shape index (κ1) is 22.8. The Morgan fingerprint density at radius 3 is 2.44 bits per heavy atom.